The summed E-state index contributed by atoms with van der Waals surface area (Å²) >= 11 is 10.6. The summed E-state index contributed by atoms with van der Waals surface area (Å²) in [6.07, 6.45) is 3.09. The van der Waals surface area contributed by atoms with Gasteiger partial charge in [-0.05, 0) is 81.4 Å². The average molecular weight is 521 g/mol. The maximum atomic E-state index is 12.5. The Balaban J connectivity index is 2.42. The van der Waals surface area contributed by atoms with E-state index in [1.807, 2.05) is 13.0 Å². The van der Waals surface area contributed by atoms with Gasteiger partial charge < -0.3 is 4.74 Å². The van der Waals surface area contributed by atoms with Gasteiger partial charge in [0.15, 0.2) is 5.11 Å². The van der Waals surface area contributed by atoms with Gasteiger partial charge in [-0.3, -0.25) is 19.8 Å². The number of thiocarbonyl (C=S) groups is 1. The van der Waals surface area contributed by atoms with E-state index in [1.54, 1.807) is 12.1 Å². The molecule has 8 heteroatoms. The van der Waals surface area contributed by atoms with Crippen molar-refractivity contribution in [3.05, 3.63) is 44.0 Å². The van der Waals surface area contributed by atoms with E-state index >= 15 is 0 Å². The van der Waals surface area contributed by atoms with Crippen LogP contribution < -0.4 is 10.1 Å². The van der Waals surface area contributed by atoms with Crippen LogP contribution >= 0.6 is 50.7 Å². The van der Waals surface area contributed by atoms with Crippen molar-refractivity contribution in [2.24, 2.45) is 0 Å². The maximum absolute atomic E-state index is 12.5. The Morgan fingerprint density at radius 1 is 1.46 bits per heavy atom. The Kier molecular flexibility index (Phi) is 6.53. The standard InChI is InChI=1S/C16H14BrIN2O3S/c1-3-5-20-15(22)10(14(21)19-16(20)24)6-9-7-11(17)13(23-4-2)12(18)8-9/h3,6-8H,1,4-5H2,2H3,(H,19,21,24)/b10-6+. The number of nitrogens with one attached hydrogen (secondary N) is 1. The second-order valence-corrected chi connectivity index (χ2v) is 7.17. The highest BCUT2D eigenvalue weighted by Gasteiger charge is 2.32. The lowest BCUT2D eigenvalue weighted by atomic mass is 10.1. The zero-order chi connectivity index (χ0) is 17.9. The van der Waals surface area contributed by atoms with Crippen molar-refractivity contribution in [2.45, 2.75) is 6.92 Å². The molecule has 1 aliphatic rings. The molecule has 2 amide bonds. The van der Waals surface area contributed by atoms with Gasteiger partial charge in [0.05, 0.1) is 14.6 Å². The highest BCUT2D eigenvalue weighted by molar-refractivity contribution is 14.1. The Hall–Kier alpha value is -1.26. The second-order valence-electron chi connectivity index (χ2n) is 4.77. The summed E-state index contributed by atoms with van der Waals surface area (Å²) in [6, 6.07) is 3.64. The molecule has 0 aromatic heterocycles. The van der Waals surface area contributed by atoms with E-state index in [-0.39, 0.29) is 17.2 Å². The van der Waals surface area contributed by atoms with E-state index in [2.05, 4.69) is 50.4 Å². The fourth-order valence-electron chi connectivity index (χ4n) is 2.10. The number of carbonyl (C=O) groups excluding carboxylic acids is 2. The fourth-order valence-corrected chi connectivity index (χ4v) is 4.12. The van der Waals surface area contributed by atoms with Crippen LogP contribution in [0.15, 0.2) is 34.8 Å². The first-order valence-electron chi connectivity index (χ1n) is 7.00. The maximum Gasteiger partial charge on any atom is 0.265 e. The number of halogens is 2. The molecule has 0 aliphatic carbocycles. The lowest BCUT2D eigenvalue weighted by Crippen LogP contribution is -2.53. The molecule has 1 aromatic rings. The van der Waals surface area contributed by atoms with Gasteiger partial charge in [-0.15, -0.1) is 6.58 Å². The molecule has 2 rings (SSSR count). The quantitative estimate of drug-likeness (QED) is 0.213. The van der Waals surface area contributed by atoms with Crippen molar-refractivity contribution in [2.75, 3.05) is 13.2 Å². The number of hydrogen-bond donors (Lipinski definition) is 1. The minimum atomic E-state index is -0.509. The van der Waals surface area contributed by atoms with Crippen molar-refractivity contribution in [1.82, 2.24) is 10.2 Å². The summed E-state index contributed by atoms with van der Waals surface area (Å²) in [5.41, 5.74) is 0.733. The van der Waals surface area contributed by atoms with Crippen molar-refractivity contribution in [3.63, 3.8) is 0 Å². The highest BCUT2D eigenvalue weighted by Crippen LogP contribution is 2.33. The lowest BCUT2D eigenvalue weighted by molar-refractivity contribution is -0.128. The summed E-state index contributed by atoms with van der Waals surface area (Å²) in [4.78, 5) is 25.9. The fraction of sp³-hybridized carbons (Fsp3) is 0.188. The molecular weight excluding hydrogens is 507 g/mol. The van der Waals surface area contributed by atoms with Crippen molar-refractivity contribution < 1.29 is 14.3 Å². The van der Waals surface area contributed by atoms with Gasteiger partial charge in [-0.25, -0.2) is 0 Å². The lowest BCUT2D eigenvalue weighted by Gasteiger charge is -2.27. The molecule has 0 unspecified atom stereocenters. The first-order valence-corrected chi connectivity index (χ1v) is 9.28. The van der Waals surface area contributed by atoms with Crippen LogP contribution in [-0.2, 0) is 9.59 Å². The van der Waals surface area contributed by atoms with Crippen LogP contribution in [0.3, 0.4) is 0 Å². The van der Waals surface area contributed by atoms with Gasteiger partial charge in [-0.2, -0.15) is 0 Å². The number of hydrogen-bond acceptors (Lipinski definition) is 4. The van der Waals surface area contributed by atoms with E-state index in [9.17, 15) is 9.59 Å². The average Bonchev–Trinajstić information content (AvgIpc) is 2.51. The summed E-state index contributed by atoms with van der Waals surface area (Å²) in [7, 11) is 0. The molecule has 0 spiro atoms. The van der Waals surface area contributed by atoms with E-state index in [4.69, 9.17) is 17.0 Å². The van der Waals surface area contributed by atoms with Crippen molar-refractivity contribution in [3.8, 4) is 5.75 Å². The molecule has 1 aromatic carbocycles. The van der Waals surface area contributed by atoms with Crippen LogP contribution in [0.2, 0.25) is 0 Å². The molecule has 1 saturated heterocycles. The third-order valence-corrected chi connectivity index (χ3v) is 4.83. The largest absolute Gasteiger partial charge is 0.492 e. The molecule has 126 valence electrons. The van der Waals surface area contributed by atoms with Crippen molar-refractivity contribution >= 4 is 73.7 Å². The Bertz CT molecular complexity index is 741. The molecule has 24 heavy (non-hydrogen) atoms. The third kappa shape index (κ3) is 4.04. The minimum absolute atomic E-state index is 0.0253. The predicted octanol–water partition coefficient (Wildman–Crippen LogP) is 3.27. The highest BCUT2D eigenvalue weighted by atomic mass is 127. The molecule has 0 atom stereocenters. The normalized spacial score (nSPS) is 16.4. The second kappa shape index (κ2) is 8.21. The van der Waals surface area contributed by atoms with E-state index in [0.29, 0.717) is 12.2 Å². The van der Waals surface area contributed by atoms with Crippen LogP contribution in [0.1, 0.15) is 12.5 Å². The topological polar surface area (TPSA) is 58.6 Å². The van der Waals surface area contributed by atoms with Gasteiger partial charge in [0, 0.05) is 6.54 Å². The van der Waals surface area contributed by atoms with Crippen LogP contribution in [-0.4, -0.2) is 35.0 Å². The summed E-state index contributed by atoms with van der Waals surface area (Å²) in [6.45, 7) is 6.28. The van der Waals surface area contributed by atoms with E-state index in [0.717, 1.165) is 13.8 Å². The molecular formula is C16H14BrIN2O3S. The number of rotatable bonds is 5. The number of nitrogens with zero attached hydrogens (tertiary/aromatic N) is 1. The molecule has 5 nitrogen and oxygen atoms in total. The Morgan fingerprint density at radius 2 is 2.17 bits per heavy atom. The first-order chi connectivity index (χ1) is 11.4. The Morgan fingerprint density at radius 3 is 2.75 bits per heavy atom. The number of benzene rings is 1. The van der Waals surface area contributed by atoms with Crippen LogP contribution in [0.4, 0.5) is 0 Å². The van der Waals surface area contributed by atoms with Crippen molar-refractivity contribution in [1.29, 1.82) is 0 Å². The van der Waals surface area contributed by atoms with Crippen LogP contribution in [0, 0.1) is 3.57 Å². The SMILES string of the molecule is C=CCN1C(=O)/C(=C/c2cc(Br)c(OCC)c(I)c2)C(=O)NC1=S. The minimum Gasteiger partial charge on any atom is -0.492 e. The molecule has 1 fully saturated rings. The van der Waals surface area contributed by atoms with E-state index in [1.165, 1.54) is 11.0 Å². The number of carbonyl (C=O) groups is 2. The predicted molar refractivity (Wildman–Crippen MR) is 109 cm³/mol. The molecule has 1 N–H and O–H groups in total. The zero-order valence-corrected chi connectivity index (χ0v) is 17.3. The van der Waals surface area contributed by atoms with Gasteiger partial charge in [-0.1, -0.05) is 6.08 Å². The first kappa shape index (κ1) is 19.1. The number of ether oxygens (including phenoxy) is 1. The van der Waals surface area contributed by atoms with Crippen LogP contribution in [0.25, 0.3) is 6.08 Å². The van der Waals surface area contributed by atoms with E-state index < -0.39 is 11.8 Å². The summed E-state index contributed by atoms with van der Waals surface area (Å²) in [5.74, 6) is -0.219. The molecule has 1 aliphatic heterocycles. The molecule has 0 radical (unpaired) electrons. The van der Waals surface area contributed by atoms with Crippen LogP contribution in [0.5, 0.6) is 5.75 Å². The summed E-state index contributed by atoms with van der Waals surface area (Å²) < 4.78 is 7.19. The smallest absolute Gasteiger partial charge is 0.265 e. The molecule has 0 saturated carbocycles. The monoisotopic (exact) mass is 520 g/mol. The zero-order valence-electron chi connectivity index (χ0n) is 12.8. The third-order valence-electron chi connectivity index (χ3n) is 3.12. The molecule has 1 heterocycles. The molecule has 0 bridgehead atoms. The van der Waals surface area contributed by atoms with Gasteiger partial charge in [0.1, 0.15) is 11.3 Å². The van der Waals surface area contributed by atoms with Gasteiger partial charge >= 0.3 is 0 Å². The van der Waals surface area contributed by atoms with Gasteiger partial charge in [0.2, 0.25) is 0 Å². The number of amides is 2. The summed E-state index contributed by atoms with van der Waals surface area (Å²) in [5, 5.41) is 2.61. The van der Waals surface area contributed by atoms with Gasteiger partial charge in [0.25, 0.3) is 11.8 Å². The Labute approximate surface area is 167 Å².